The molecule has 2 aromatic rings. The van der Waals surface area contributed by atoms with Crippen molar-refractivity contribution in [2.24, 2.45) is 0 Å². The van der Waals surface area contributed by atoms with Crippen molar-refractivity contribution in [2.75, 3.05) is 14.1 Å². The Hall–Kier alpha value is -3.40. The van der Waals surface area contributed by atoms with Gasteiger partial charge in [-0.25, -0.2) is 0 Å². The number of nitrogens with zero attached hydrogens (tertiary/aromatic N) is 4. The normalized spacial score (nSPS) is 11.2. The van der Waals surface area contributed by atoms with E-state index in [1.165, 1.54) is 11.0 Å². The number of rotatable bonds is 4. The van der Waals surface area contributed by atoms with E-state index in [0.29, 0.717) is 11.3 Å². The number of likely N-dealkylation sites (N-methyl/N-ethyl adjacent to an activating group) is 1. The van der Waals surface area contributed by atoms with E-state index < -0.39 is 4.92 Å². The van der Waals surface area contributed by atoms with Crippen LogP contribution in [-0.2, 0) is 4.79 Å². The quantitative estimate of drug-likeness (QED) is 0.365. The largest absolute Gasteiger partial charge is 0.344 e. The molecule has 0 spiro atoms. The monoisotopic (exact) mass is 352 g/mol. The fourth-order valence-corrected chi connectivity index (χ4v) is 2.80. The van der Waals surface area contributed by atoms with Crippen molar-refractivity contribution in [1.82, 2.24) is 9.47 Å². The standard InChI is InChI=1S/C19H20N4O3/c1-12-6-7-17(10-18(12)23(25)26)22-13(2)8-15(14(22)3)9-16(11-20)19(24)21(4)5/h6-10H,1-5H3/b16-9-. The van der Waals surface area contributed by atoms with Crippen LogP contribution in [0, 0.1) is 42.2 Å². The first-order valence-electron chi connectivity index (χ1n) is 7.95. The molecule has 0 saturated heterocycles. The van der Waals surface area contributed by atoms with Crippen molar-refractivity contribution in [3.05, 3.63) is 62.5 Å². The molecule has 0 N–H and O–H groups in total. The van der Waals surface area contributed by atoms with E-state index in [4.69, 9.17) is 0 Å². The average Bonchev–Trinajstić information content (AvgIpc) is 2.86. The Morgan fingerprint density at radius 3 is 2.46 bits per heavy atom. The predicted octanol–water partition coefficient (Wildman–Crippen LogP) is 3.31. The molecule has 1 amide bonds. The molecule has 0 saturated carbocycles. The van der Waals surface area contributed by atoms with E-state index in [1.807, 2.05) is 36.6 Å². The van der Waals surface area contributed by atoms with E-state index in [-0.39, 0.29) is 17.2 Å². The fraction of sp³-hybridized carbons (Fsp3) is 0.263. The van der Waals surface area contributed by atoms with Gasteiger partial charge in [-0.3, -0.25) is 14.9 Å². The van der Waals surface area contributed by atoms with Crippen molar-refractivity contribution < 1.29 is 9.72 Å². The Labute approximate surface area is 151 Å². The number of carbonyl (C=O) groups is 1. The summed E-state index contributed by atoms with van der Waals surface area (Å²) >= 11 is 0. The van der Waals surface area contributed by atoms with Crippen molar-refractivity contribution in [2.45, 2.75) is 20.8 Å². The molecule has 0 radical (unpaired) electrons. The number of nitriles is 1. The first-order valence-corrected chi connectivity index (χ1v) is 7.95. The van der Waals surface area contributed by atoms with Crippen molar-refractivity contribution in [3.63, 3.8) is 0 Å². The van der Waals surface area contributed by atoms with Crippen LogP contribution in [0.4, 0.5) is 5.69 Å². The second-order valence-electron chi connectivity index (χ2n) is 6.26. The topological polar surface area (TPSA) is 92.2 Å². The molecule has 26 heavy (non-hydrogen) atoms. The van der Waals surface area contributed by atoms with Gasteiger partial charge in [0.1, 0.15) is 11.6 Å². The first-order chi connectivity index (χ1) is 12.2. The van der Waals surface area contributed by atoms with Crippen LogP contribution >= 0.6 is 0 Å². The van der Waals surface area contributed by atoms with E-state index >= 15 is 0 Å². The molecule has 0 aliphatic heterocycles. The fourth-order valence-electron chi connectivity index (χ4n) is 2.80. The summed E-state index contributed by atoms with van der Waals surface area (Å²) in [6.45, 7) is 5.41. The van der Waals surface area contributed by atoms with Crippen LogP contribution in [0.2, 0.25) is 0 Å². The lowest BCUT2D eigenvalue weighted by molar-refractivity contribution is -0.385. The highest BCUT2D eigenvalue weighted by Gasteiger charge is 2.17. The van der Waals surface area contributed by atoms with E-state index in [2.05, 4.69) is 0 Å². The minimum Gasteiger partial charge on any atom is -0.344 e. The number of hydrogen-bond acceptors (Lipinski definition) is 4. The molecule has 1 aromatic heterocycles. The van der Waals surface area contributed by atoms with Crippen LogP contribution < -0.4 is 0 Å². The molecule has 1 heterocycles. The molecule has 1 aromatic carbocycles. The third kappa shape index (κ3) is 3.49. The van der Waals surface area contributed by atoms with Gasteiger partial charge in [0.25, 0.3) is 11.6 Å². The zero-order chi connectivity index (χ0) is 19.6. The molecule has 7 nitrogen and oxygen atoms in total. The maximum absolute atomic E-state index is 12.1. The van der Waals surface area contributed by atoms with Gasteiger partial charge in [0.2, 0.25) is 0 Å². The van der Waals surface area contributed by atoms with Crippen molar-refractivity contribution in [1.29, 1.82) is 5.26 Å². The molecule has 0 aliphatic rings. The number of aryl methyl sites for hydroxylation is 2. The molecule has 134 valence electrons. The summed E-state index contributed by atoms with van der Waals surface area (Å²) in [5.41, 5.74) is 3.69. The summed E-state index contributed by atoms with van der Waals surface area (Å²) in [4.78, 5) is 24.2. The Morgan fingerprint density at radius 1 is 1.27 bits per heavy atom. The van der Waals surface area contributed by atoms with Crippen LogP contribution in [0.1, 0.15) is 22.5 Å². The lowest BCUT2D eigenvalue weighted by atomic mass is 10.1. The Balaban J connectivity index is 2.59. The van der Waals surface area contributed by atoms with Gasteiger partial charge in [0, 0.05) is 37.1 Å². The SMILES string of the molecule is Cc1ccc(-n2c(C)cc(/C=C(/C#N)C(=O)N(C)C)c2C)cc1[N+](=O)[O-]. The number of nitro benzene ring substituents is 1. The molecule has 0 atom stereocenters. The minimum absolute atomic E-state index is 0.0325. The first kappa shape index (κ1) is 18.9. The number of hydrogen-bond donors (Lipinski definition) is 0. The number of nitro groups is 1. The van der Waals surface area contributed by atoms with Gasteiger partial charge < -0.3 is 9.47 Å². The number of benzene rings is 1. The molecule has 0 fully saturated rings. The molecule has 0 bridgehead atoms. The third-order valence-electron chi connectivity index (χ3n) is 4.17. The van der Waals surface area contributed by atoms with Gasteiger partial charge >= 0.3 is 0 Å². The van der Waals surface area contributed by atoms with Gasteiger partial charge in [-0.1, -0.05) is 6.07 Å². The summed E-state index contributed by atoms with van der Waals surface area (Å²) < 4.78 is 1.87. The van der Waals surface area contributed by atoms with Crippen molar-refractivity contribution in [3.8, 4) is 11.8 Å². The van der Waals surface area contributed by atoms with Gasteiger partial charge in [-0.15, -0.1) is 0 Å². The van der Waals surface area contributed by atoms with Gasteiger partial charge in [-0.05, 0) is 44.5 Å². The van der Waals surface area contributed by atoms with Crippen molar-refractivity contribution >= 4 is 17.7 Å². The minimum atomic E-state index is -0.405. The summed E-state index contributed by atoms with van der Waals surface area (Å²) in [5.74, 6) is -0.372. The second kappa shape index (κ2) is 7.23. The average molecular weight is 352 g/mol. The summed E-state index contributed by atoms with van der Waals surface area (Å²) in [7, 11) is 3.17. The highest BCUT2D eigenvalue weighted by atomic mass is 16.6. The molecule has 2 rings (SSSR count). The van der Waals surface area contributed by atoms with Crippen LogP contribution in [0.15, 0.2) is 29.8 Å². The van der Waals surface area contributed by atoms with Gasteiger partial charge in [0.05, 0.1) is 10.6 Å². The molecule has 0 aliphatic carbocycles. The lowest BCUT2D eigenvalue weighted by Gasteiger charge is -2.11. The molecule has 7 heteroatoms. The summed E-state index contributed by atoms with van der Waals surface area (Å²) in [6, 6.07) is 8.82. The third-order valence-corrected chi connectivity index (χ3v) is 4.17. The highest BCUT2D eigenvalue weighted by Crippen LogP contribution is 2.27. The van der Waals surface area contributed by atoms with Crippen LogP contribution in [-0.4, -0.2) is 34.4 Å². The van der Waals surface area contributed by atoms with E-state index in [0.717, 1.165) is 17.0 Å². The van der Waals surface area contributed by atoms with Crippen LogP contribution in [0.5, 0.6) is 0 Å². The number of amides is 1. The smallest absolute Gasteiger partial charge is 0.274 e. The lowest BCUT2D eigenvalue weighted by Crippen LogP contribution is -2.22. The van der Waals surface area contributed by atoms with Crippen LogP contribution in [0.3, 0.4) is 0 Å². The van der Waals surface area contributed by atoms with Crippen LogP contribution in [0.25, 0.3) is 11.8 Å². The molecular formula is C19H20N4O3. The number of aromatic nitrogens is 1. The van der Waals surface area contributed by atoms with E-state index in [9.17, 15) is 20.2 Å². The maximum Gasteiger partial charge on any atom is 0.274 e. The highest BCUT2D eigenvalue weighted by molar-refractivity contribution is 6.01. The van der Waals surface area contributed by atoms with E-state index in [1.54, 1.807) is 33.2 Å². The maximum atomic E-state index is 12.1. The summed E-state index contributed by atoms with van der Waals surface area (Å²) in [5, 5.41) is 20.5. The Kier molecular flexibility index (Phi) is 5.27. The van der Waals surface area contributed by atoms with Gasteiger partial charge in [-0.2, -0.15) is 5.26 Å². The van der Waals surface area contributed by atoms with Gasteiger partial charge in [0.15, 0.2) is 0 Å². The molecular weight excluding hydrogens is 332 g/mol. The zero-order valence-corrected chi connectivity index (χ0v) is 15.4. The summed E-state index contributed by atoms with van der Waals surface area (Å²) in [6.07, 6.45) is 1.55. The Morgan fingerprint density at radius 2 is 1.92 bits per heavy atom. The Bertz CT molecular complexity index is 962. The molecule has 0 unspecified atom stereocenters. The number of carbonyl (C=O) groups excluding carboxylic acids is 1. The zero-order valence-electron chi connectivity index (χ0n) is 15.4. The predicted molar refractivity (Wildman–Crippen MR) is 98.9 cm³/mol. The second-order valence-corrected chi connectivity index (χ2v) is 6.26.